The molecule has 1 aliphatic heterocycles. The van der Waals surface area contributed by atoms with Crippen molar-refractivity contribution in [2.75, 3.05) is 32.7 Å². The molecule has 0 aliphatic carbocycles. The van der Waals surface area contributed by atoms with Crippen molar-refractivity contribution in [2.45, 2.75) is 89.3 Å². The third kappa shape index (κ3) is 12.0. The van der Waals surface area contributed by atoms with Gasteiger partial charge in [-0.05, 0) is 54.9 Å². The molecule has 312 valence electrons. The van der Waals surface area contributed by atoms with Crippen molar-refractivity contribution in [3.8, 4) is 11.3 Å². The Hall–Kier alpha value is -5.66. The van der Waals surface area contributed by atoms with E-state index in [0.29, 0.717) is 68.8 Å². The number of aromatic nitrogens is 4. The average molecular weight is 803 g/mol. The van der Waals surface area contributed by atoms with Crippen LogP contribution in [0.2, 0.25) is 0 Å². The molecule has 5 aromatic rings. The number of carbonyl (C=O) groups excluding carboxylic acids is 3. The first-order valence-electron chi connectivity index (χ1n) is 21.0. The first kappa shape index (κ1) is 42.9. The highest BCUT2D eigenvalue weighted by molar-refractivity contribution is 5.94. The van der Waals surface area contributed by atoms with E-state index < -0.39 is 5.60 Å². The van der Waals surface area contributed by atoms with Crippen LogP contribution >= 0.6 is 0 Å². The molecule has 13 heteroatoms. The van der Waals surface area contributed by atoms with E-state index in [1.54, 1.807) is 11.7 Å². The molecule has 3 amide bonds. The predicted molar refractivity (Wildman–Crippen MR) is 230 cm³/mol. The first-order valence-corrected chi connectivity index (χ1v) is 21.0. The van der Waals surface area contributed by atoms with Crippen molar-refractivity contribution >= 4 is 28.8 Å². The van der Waals surface area contributed by atoms with E-state index in [2.05, 4.69) is 33.0 Å². The van der Waals surface area contributed by atoms with Gasteiger partial charge in [-0.2, -0.15) is 5.10 Å². The van der Waals surface area contributed by atoms with Gasteiger partial charge in [0.15, 0.2) is 5.52 Å². The number of likely N-dealkylation sites (tertiary alicyclic amines) is 1. The van der Waals surface area contributed by atoms with Crippen LogP contribution in [-0.2, 0) is 29.7 Å². The second-order valence-corrected chi connectivity index (χ2v) is 15.9. The number of nitrogens with one attached hydrogen (secondary N) is 3. The van der Waals surface area contributed by atoms with Gasteiger partial charge in [0.25, 0.3) is 11.5 Å². The molecule has 1 fully saturated rings. The molecule has 1 unspecified atom stereocenters. The zero-order valence-electron chi connectivity index (χ0n) is 34.4. The second kappa shape index (κ2) is 20.9. The molecular weight excluding hydrogens is 745 g/mol. The number of piperidine rings is 1. The number of benzene rings is 3. The Labute approximate surface area is 346 Å². The highest BCUT2D eigenvalue weighted by Gasteiger charge is 2.35. The van der Waals surface area contributed by atoms with Crippen molar-refractivity contribution in [2.24, 2.45) is 7.05 Å². The van der Waals surface area contributed by atoms with Crippen LogP contribution in [0.15, 0.2) is 96.1 Å². The molecule has 0 spiro atoms. The summed E-state index contributed by atoms with van der Waals surface area (Å²) in [6, 6.07) is 27.1. The Morgan fingerprint density at radius 2 is 1.44 bits per heavy atom. The number of nitrogens with zero attached hydrogens (tertiary/aromatic N) is 5. The van der Waals surface area contributed by atoms with Crippen molar-refractivity contribution in [3.05, 3.63) is 118 Å². The van der Waals surface area contributed by atoms with Crippen LogP contribution in [0.5, 0.6) is 0 Å². The molecule has 2 aromatic heterocycles. The minimum atomic E-state index is -1.14. The van der Waals surface area contributed by atoms with Crippen molar-refractivity contribution in [3.63, 3.8) is 0 Å². The van der Waals surface area contributed by atoms with Crippen LogP contribution < -0.4 is 21.5 Å². The van der Waals surface area contributed by atoms with Gasteiger partial charge >= 0.3 is 0 Å². The fraction of sp³-hybridized carbons (Fsp3) is 0.435. The zero-order valence-corrected chi connectivity index (χ0v) is 34.4. The van der Waals surface area contributed by atoms with E-state index in [-0.39, 0.29) is 47.8 Å². The molecule has 0 radical (unpaired) electrons. The maximum absolute atomic E-state index is 13.6. The number of fused-ring (bicyclic) bond motifs is 1. The van der Waals surface area contributed by atoms with Crippen LogP contribution in [-0.4, -0.2) is 85.4 Å². The number of hydrogen-bond acceptors (Lipinski definition) is 8. The third-order valence-corrected chi connectivity index (χ3v) is 11.3. The Kier molecular flexibility index (Phi) is 15.2. The average Bonchev–Trinajstić information content (AvgIpc) is 3.59. The fourth-order valence-corrected chi connectivity index (χ4v) is 7.71. The maximum atomic E-state index is 13.6. The van der Waals surface area contributed by atoms with E-state index in [9.17, 15) is 24.3 Å². The Balaban J connectivity index is 0.887. The van der Waals surface area contributed by atoms with Crippen molar-refractivity contribution < 1.29 is 19.5 Å². The highest BCUT2D eigenvalue weighted by Crippen LogP contribution is 2.28. The van der Waals surface area contributed by atoms with Gasteiger partial charge < -0.3 is 26.0 Å². The normalized spacial score (nSPS) is 14.3. The predicted octanol–water partition coefficient (Wildman–Crippen LogP) is 5.32. The molecule has 1 saturated heterocycles. The van der Waals surface area contributed by atoms with E-state index in [1.807, 2.05) is 89.8 Å². The number of hydrogen-bond donors (Lipinski definition) is 4. The highest BCUT2D eigenvalue weighted by atomic mass is 16.3. The van der Waals surface area contributed by atoms with E-state index in [0.717, 1.165) is 55.2 Å². The van der Waals surface area contributed by atoms with Crippen LogP contribution in [0.1, 0.15) is 92.1 Å². The molecule has 3 heterocycles. The largest absolute Gasteiger partial charge is 0.388 e. The summed E-state index contributed by atoms with van der Waals surface area (Å²) in [5.74, 6) is 0.112. The van der Waals surface area contributed by atoms with Gasteiger partial charge in [0.1, 0.15) is 5.52 Å². The zero-order chi connectivity index (χ0) is 41.6. The summed E-state index contributed by atoms with van der Waals surface area (Å²) >= 11 is 0. The van der Waals surface area contributed by atoms with Gasteiger partial charge in [0.05, 0.1) is 30.7 Å². The van der Waals surface area contributed by atoms with E-state index >= 15 is 0 Å². The standard InChI is InChI=1S/C46H58N8O5/c1-34(36-15-9-7-10-16-36)29-40(56)53-27-23-46(59,24-28-53)32-54-33-50-41-42(45(54)58)51-52(2)43(41)37-21-19-35(20-22-37)30-47-31-39(55)48-25-13-5-3-4-6-14-26-49-44(57)38-17-11-8-12-18-38/h7-12,15-22,33-34,47,59H,3-6,13-14,23-32H2,1-2H3,(H,48,55)(H,49,57). The molecule has 59 heavy (non-hydrogen) atoms. The second-order valence-electron chi connectivity index (χ2n) is 15.9. The van der Waals surface area contributed by atoms with E-state index in [1.165, 1.54) is 10.9 Å². The first-order chi connectivity index (χ1) is 28.6. The molecule has 0 bridgehead atoms. The third-order valence-electron chi connectivity index (χ3n) is 11.3. The maximum Gasteiger partial charge on any atom is 0.281 e. The number of unbranched alkanes of at least 4 members (excludes halogenated alkanes) is 5. The summed E-state index contributed by atoms with van der Waals surface area (Å²) in [4.78, 5) is 57.6. The van der Waals surface area contributed by atoms with Gasteiger partial charge in [0.2, 0.25) is 11.8 Å². The lowest BCUT2D eigenvalue weighted by atomic mass is 9.90. The van der Waals surface area contributed by atoms with Crippen LogP contribution in [0, 0.1) is 0 Å². The summed E-state index contributed by atoms with van der Waals surface area (Å²) in [5.41, 5.74) is 3.65. The van der Waals surface area contributed by atoms with Crippen LogP contribution in [0.4, 0.5) is 0 Å². The monoisotopic (exact) mass is 802 g/mol. The van der Waals surface area contributed by atoms with Crippen molar-refractivity contribution in [1.82, 2.24) is 40.2 Å². The fourth-order valence-electron chi connectivity index (χ4n) is 7.71. The van der Waals surface area contributed by atoms with Gasteiger partial charge in [-0.1, -0.05) is 105 Å². The van der Waals surface area contributed by atoms with Crippen LogP contribution in [0.3, 0.4) is 0 Å². The van der Waals surface area contributed by atoms with Crippen molar-refractivity contribution in [1.29, 1.82) is 0 Å². The molecular formula is C46H58N8O5. The summed E-state index contributed by atoms with van der Waals surface area (Å²) < 4.78 is 3.09. The molecule has 3 aromatic carbocycles. The quantitative estimate of drug-likeness (QED) is 0.0769. The number of carbonyl (C=O) groups is 3. The minimum absolute atomic E-state index is 0.0282. The topological polar surface area (TPSA) is 163 Å². The Morgan fingerprint density at radius 3 is 2.12 bits per heavy atom. The lowest BCUT2D eigenvalue weighted by molar-refractivity contribution is -0.136. The summed E-state index contributed by atoms with van der Waals surface area (Å²) in [6.45, 7) is 5.06. The van der Waals surface area contributed by atoms with E-state index in [4.69, 9.17) is 0 Å². The Bertz CT molecular complexity index is 2200. The van der Waals surface area contributed by atoms with Crippen LogP contribution in [0.25, 0.3) is 22.3 Å². The molecule has 1 aliphatic rings. The number of aryl methyl sites for hydroxylation is 1. The SMILES string of the molecule is CC(CC(=O)N1CCC(O)(Cn2cnc3c(-c4ccc(CNCC(=O)NCCCCCCCCNC(=O)c5ccccc5)cc4)n(C)nc3c2=O)CC1)c1ccccc1. The lowest BCUT2D eigenvalue weighted by Gasteiger charge is -2.38. The lowest BCUT2D eigenvalue weighted by Crippen LogP contribution is -2.49. The molecule has 4 N–H and O–H groups in total. The molecule has 1 atom stereocenters. The summed E-state index contributed by atoms with van der Waals surface area (Å²) in [7, 11) is 1.78. The number of amides is 3. The Morgan fingerprint density at radius 1 is 0.814 bits per heavy atom. The smallest absolute Gasteiger partial charge is 0.281 e. The molecule has 6 rings (SSSR count). The van der Waals surface area contributed by atoms with Gasteiger partial charge in [-0.15, -0.1) is 0 Å². The number of rotatable bonds is 20. The van der Waals surface area contributed by atoms with Gasteiger partial charge in [0, 0.05) is 57.3 Å². The minimum Gasteiger partial charge on any atom is -0.388 e. The molecule has 0 saturated carbocycles. The van der Waals surface area contributed by atoms with Gasteiger partial charge in [-0.3, -0.25) is 28.4 Å². The summed E-state index contributed by atoms with van der Waals surface area (Å²) in [5, 5.41) is 25.2. The van der Waals surface area contributed by atoms with Gasteiger partial charge in [-0.25, -0.2) is 4.98 Å². The number of aliphatic hydroxyl groups is 1. The summed E-state index contributed by atoms with van der Waals surface area (Å²) in [6.07, 6.45) is 8.84. The molecule has 13 nitrogen and oxygen atoms in total.